The van der Waals surface area contributed by atoms with Crippen molar-refractivity contribution in [3.8, 4) is 5.75 Å². The van der Waals surface area contributed by atoms with Gasteiger partial charge in [-0.05, 0) is 48.9 Å². The zero-order chi connectivity index (χ0) is 28.6. The number of fused-ring (bicyclic) bond motifs is 1. The van der Waals surface area contributed by atoms with E-state index in [1.807, 2.05) is 60.4 Å². The van der Waals surface area contributed by atoms with Crippen molar-refractivity contribution in [1.82, 2.24) is 25.6 Å². The van der Waals surface area contributed by atoms with E-state index in [0.717, 1.165) is 41.8 Å². The maximum Gasteiger partial charge on any atom is 0.262 e. The predicted octanol–water partition coefficient (Wildman–Crippen LogP) is 3.54. The minimum Gasteiger partial charge on any atom is -0.489 e. The molecule has 3 aromatic carbocycles. The van der Waals surface area contributed by atoms with Gasteiger partial charge in [-0.2, -0.15) is 0 Å². The van der Waals surface area contributed by atoms with Gasteiger partial charge in [-0.25, -0.2) is 5.48 Å². The first-order chi connectivity index (χ1) is 20.0. The number of benzene rings is 3. The molecule has 3 N–H and O–H groups in total. The second kappa shape index (κ2) is 13.4. The normalized spacial score (nSPS) is 14.9. The third kappa shape index (κ3) is 7.26. The summed E-state index contributed by atoms with van der Waals surface area (Å²) in [6.07, 6.45) is 0. The fraction of sp³-hybridized carbons (Fsp3) is 0.281. The summed E-state index contributed by atoms with van der Waals surface area (Å²) < 4.78 is 6.01. The van der Waals surface area contributed by atoms with Crippen LogP contribution in [0.1, 0.15) is 27.2 Å². The Morgan fingerprint density at radius 2 is 1.66 bits per heavy atom. The maximum atomic E-state index is 12.9. The number of carbonyl (C=O) groups is 2. The van der Waals surface area contributed by atoms with E-state index in [1.54, 1.807) is 29.7 Å². The molecule has 9 nitrogen and oxygen atoms in total. The summed E-state index contributed by atoms with van der Waals surface area (Å²) in [6, 6.07) is 26.5. The molecule has 1 saturated heterocycles. The number of nitrogens with one attached hydrogen (secondary N) is 2. The molecule has 0 bridgehead atoms. The van der Waals surface area contributed by atoms with Crippen molar-refractivity contribution in [2.24, 2.45) is 0 Å². The van der Waals surface area contributed by atoms with E-state index in [1.165, 1.54) is 5.56 Å². The molecule has 4 aromatic rings. The van der Waals surface area contributed by atoms with Gasteiger partial charge in [0.25, 0.3) is 11.8 Å². The summed E-state index contributed by atoms with van der Waals surface area (Å²) in [5, 5.41) is 13.2. The molecule has 2 heterocycles. The maximum absolute atomic E-state index is 12.9. The van der Waals surface area contributed by atoms with Crippen molar-refractivity contribution in [3.05, 3.63) is 107 Å². The molecule has 2 amide bonds. The molecular formula is C32H35N5O4. The van der Waals surface area contributed by atoms with Crippen LogP contribution >= 0.6 is 0 Å². The molecule has 1 aliphatic rings. The van der Waals surface area contributed by atoms with E-state index in [-0.39, 0.29) is 12.5 Å². The second-order valence-electron chi connectivity index (χ2n) is 10.3. The number of carbonyl (C=O) groups excluding carboxylic acids is 2. The molecular weight excluding hydrogens is 518 g/mol. The van der Waals surface area contributed by atoms with Gasteiger partial charge >= 0.3 is 0 Å². The van der Waals surface area contributed by atoms with Crippen LogP contribution < -0.4 is 15.5 Å². The number of hydrogen-bond acceptors (Lipinski definition) is 7. The van der Waals surface area contributed by atoms with Crippen molar-refractivity contribution in [1.29, 1.82) is 0 Å². The van der Waals surface area contributed by atoms with E-state index in [0.29, 0.717) is 31.0 Å². The summed E-state index contributed by atoms with van der Waals surface area (Å²) in [7, 11) is 0. The van der Waals surface area contributed by atoms with Gasteiger partial charge in [0.05, 0.1) is 5.52 Å². The van der Waals surface area contributed by atoms with Crippen LogP contribution in [0.15, 0.2) is 84.9 Å². The average Bonchev–Trinajstić information content (AvgIpc) is 3.01. The number of piperazine rings is 1. The fourth-order valence-corrected chi connectivity index (χ4v) is 5.21. The predicted molar refractivity (Wildman–Crippen MR) is 157 cm³/mol. The molecule has 41 heavy (non-hydrogen) atoms. The number of ether oxygens (including phenoxy) is 1. The number of nitrogens with zero attached hydrogens (tertiary/aromatic N) is 3. The summed E-state index contributed by atoms with van der Waals surface area (Å²) in [5.41, 5.74) is 6.37. The fourth-order valence-electron chi connectivity index (χ4n) is 5.21. The number of aryl methyl sites for hydroxylation is 1. The smallest absolute Gasteiger partial charge is 0.262 e. The van der Waals surface area contributed by atoms with E-state index in [9.17, 15) is 14.8 Å². The summed E-state index contributed by atoms with van der Waals surface area (Å²) in [4.78, 5) is 34.3. The lowest BCUT2D eigenvalue weighted by molar-refractivity contribution is -0.135. The van der Waals surface area contributed by atoms with Crippen LogP contribution in [-0.4, -0.2) is 70.6 Å². The number of pyridine rings is 1. The highest BCUT2D eigenvalue weighted by Gasteiger charge is 2.29. The molecule has 1 atom stereocenters. The zero-order valence-corrected chi connectivity index (χ0v) is 23.1. The number of aromatic nitrogens is 1. The third-order valence-electron chi connectivity index (χ3n) is 7.41. The Bertz CT molecular complexity index is 1470. The number of rotatable bonds is 10. The molecule has 0 radical (unpaired) electrons. The lowest BCUT2D eigenvalue weighted by Gasteiger charge is -2.38. The zero-order valence-electron chi connectivity index (χ0n) is 23.1. The van der Waals surface area contributed by atoms with E-state index in [2.05, 4.69) is 27.3 Å². The summed E-state index contributed by atoms with van der Waals surface area (Å²) in [6.45, 7) is 6.15. The Morgan fingerprint density at radius 1 is 0.951 bits per heavy atom. The second-order valence-corrected chi connectivity index (χ2v) is 10.3. The molecule has 0 saturated carbocycles. The van der Waals surface area contributed by atoms with Crippen molar-refractivity contribution in [3.63, 3.8) is 0 Å². The van der Waals surface area contributed by atoms with Gasteiger partial charge in [-0.1, -0.05) is 48.5 Å². The van der Waals surface area contributed by atoms with Gasteiger partial charge in [0.1, 0.15) is 18.4 Å². The minimum atomic E-state index is -0.677. The van der Waals surface area contributed by atoms with E-state index >= 15 is 0 Å². The summed E-state index contributed by atoms with van der Waals surface area (Å²) in [5.74, 6) is -0.193. The van der Waals surface area contributed by atoms with Crippen molar-refractivity contribution >= 4 is 22.7 Å². The largest absolute Gasteiger partial charge is 0.489 e. The van der Waals surface area contributed by atoms with Crippen LogP contribution in [0.2, 0.25) is 0 Å². The van der Waals surface area contributed by atoms with Crippen molar-refractivity contribution in [2.75, 3.05) is 32.7 Å². The molecule has 212 valence electrons. The standard InChI is InChI=1S/C32H35N5O4/c1-23-19-26(28-9-5-6-10-29(28)34-23)22-41-27-13-11-25(12-14-27)31(38)33-20-30(32(39)35-40)37-17-15-36(16-18-37)21-24-7-3-2-4-8-24/h2-14,19,30,40H,15-18,20-22H2,1H3,(H,33,38)(H,35,39)/t30-/m0/s1. The van der Waals surface area contributed by atoms with Crippen LogP contribution in [0.5, 0.6) is 5.75 Å². The van der Waals surface area contributed by atoms with Gasteiger partial charge in [-0.15, -0.1) is 0 Å². The Morgan fingerprint density at radius 3 is 2.39 bits per heavy atom. The highest BCUT2D eigenvalue weighted by atomic mass is 16.5. The topological polar surface area (TPSA) is 107 Å². The highest BCUT2D eigenvalue weighted by molar-refractivity contribution is 5.94. The SMILES string of the molecule is Cc1cc(COc2ccc(C(=O)NC[C@@H](C(=O)NO)N3CCN(Cc4ccccc4)CC3)cc2)c2ccccc2n1. The molecule has 0 aliphatic carbocycles. The Balaban J connectivity index is 1.14. The Labute approximate surface area is 239 Å². The molecule has 0 spiro atoms. The first kappa shape index (κ1) is 28.2. The lowest BCUT2D eigenvalue weighted by Crippen LogP contribution is -2.57. The monoisotopic (exact) mass is 553 g/mol. The first-order valence-corrected chi connectivity index (χ1v) is 13.8. The molecule has 0 unspecified atom stereocenters. The molecule has 1 aromatic heterocycles. The van der Waals surface area contributed by atoms with Gasteiger partial charge in [-0.3, -0.25) is 29.6 Å². The minimum absolute atomic E-state index is 0.0800. The molecule has 9 heteroatoms. The molecule has 1 fully saturated rings. The first-order valence-electron chi connectivity index (χ1n) is 13.8. The van der Waals surface area contributed by atoms with Crippen molar-refractivity contribution in [2.45, 2.75) is 26.1 Å². The third-order valence-corrected chi connectivity index (χ3v) is 7.41. The van der Waals surface area contributed by atoms with Crippen LogP contribution in [0.3, 0.4) is 0 Å². The number of hydroxylamine groups is 1. The van der Waals surface area contributed by atoms with Crippen LogP contribution in [-0.2, 0) is 17.9 Å². The van der Waals surface area contributed by atoms with Crippen LogP contribution in [0, 0.1) is 6.92 Å². The van der Waals surface area contributed by atoms with E-state index in [4.69, 9.17) is 4.74 Å². The van der Waals surface area contributed by atoms with Crippen molar-refractivity contribution < 1.29 is 19.5 Å². The number of para-hydroxylation sites is 1. The Kier molecular flexibility index (Phi) is 9.20. The number of amides is 2. The molecule has 1 aliphatic heterocycles. The van der Waals surface area contributed by atoms with Gasteiger partial charge < -0.3 is 10.1 Å². The Hall–Kier alpha value is -4.31. The van der Waals surface area contributed by atoms with Crippen LogP contribution in [0.25, 0.3) is 10.9 Å². The van der Waals surface area contributed by atoms with Gasteiger partial charge in [0.15, 0.2) is 0 Å². The lowest BCUT2D eigenvalue weighted by atomic mass is 10.1. The number of hydrogen-bond donors (Lipinski definition) is 3. The van der Waals surface area contributed by atoms with Gasteiger partial charge in [0, 0.05) is 61.5 Å². The van der Waals surface area contributed by atoms with Gasteiger partial charge in [0.2, 0.25) is 0 Å². The summed E-state index contributed by atoms with van der Waals surface area (Å²) >= 11 is 0. The quantitative estimate of drug-likeness (QED) is 0.204. The van der Waals surface area contributed by atoms with Crippen LogP contribution in [0.4, 0.5) is 0 Å². The average molecular weight is 554 g/mol. The highest BCUT2D eigenvalue weighted by Crippen LogP contribution is 2.21. The van der Waals surface area contributed by atoms with E-state index < -0.39 is 11.9 Å². The molecule has 5 rings (SSSR count).